The Kier molecular flexibility index (Phi) is 4.28. The Morgan fingerprint density at radius 1 is 1.38 bits per heavy atom. The van der Waals surface area contributed by atoms with E-state index in [9.17, 15) is 0 Å². The van der Waals surface area contributed by atoms with Crippen LogP contribution in [-0.4, -0.2) is 72.8 Å². The Labute approximate surface area is 126 Å². The lowest BCUT2D eigenvalue weighted by Crippen LogP contribution is -2.50. The van der Waals surface area contributed by atoms with E-state index in [1.807, 2.05) is 0 Å². The second kappa shape index (κ2) is 6.02. The van der Waals surface area contributed by atoms with Gasteiger partial charge in [-0.25, -0.2) is 0 Å². The van der Waals surface area contributed by atoms with E-state index in [0.717, 1.165) is 63.7 Å². The van der Waals surface area contributed by atoms with E-state index in [1.54, 1.807) is 0 Å². The van der Waals surface area contributed by atoms with E-state index < -0.39 is 0 Å². The third-order valence-corrected chi connectivity index (χ3v) is 5.24. The molecule has 3 heterocycles. The topological polar surface area (TPSA) is 57.4 Å². The third-order valence-electron chi connectivity index (χ3n) is 5.24. The van der Waals surface area contributed by atoms with E-state index in [2.05, 4.69) is 41.3 Å². The van der Waals surface area contributed by atoms with Crippen molar-refractivity contribution in [2.24, 2.45) is 0 Å². The Morgan fingerprint density at radius 2 is 2.24 bits per heavy atom. The first-order valence-electron chi connectivity index (χ1n) is 8.05. The van der Waals surface area contributed by atoms with Gasteiger partial charge in [0.1, 0.15) is 0 Å². The zero-order valence-corrected chi connectivity index (χ0v) is 13.4. The van der Waals surface area contributed by atoms with E-state index in [4.69, 9.17) is 9.51 Å². The summed E-state index contributed by atoms with van der Waals surface area (Å²) in [5.74, 6) is 1.69. The van der Waals surface area contributed by atoms with Gasteiger partial charge in [0.25, 0.3) is 0 Å². The molecule has 1 aromatic rings. The molecule has 3 rings (SSSR count). The number of rotatable bonds is 4. The van der Waals surface area contributed by atoms with Crippen molar-refractivity contribution in [1.29, 1.82) is 0 Å². The molecule has 0 aromatic carbocycles. The Balaban J connectivity index is 1.70. The van der Waals surface area contributed by atoms with Gasteiger partial charge in [-0.3, -0.25) is 0 Å². The molecule has 0 saturated carbocycles. The largest absolute Gasteiger partial charge is 0.339 e. The summed E-state index contributed by atoms with van der Waals surface area (Å²) >= 11 is 0. The summed E-state index contributed by atoms with van der Waals surface area (Å²) < 4.78 is 5.61. The maximum Gasteiger partial charge on any atom is 0.234 e. The van der Waals surface area contributed by atoms with Gasteiger partial charge in [0.2, 0.25) is 5.89 Å². The fourth-order valence-corrected chi connectivity index (χ4v) is 3.46. The maximum absolute atomic E-state index is 5.61. The number of nitrogens with one attached hydrogen (secondary N) is 1. The van der Waals surface area contributed by atoms with Gasteiger partial charge in [-0.2, -0.15) is 4.98 Å². The molecule has 2 atom stereocenters. The standard InChI is InChI=1S/C15H27N5O/c1-4-15(5-6-16-11-15)14-17-13(18-21-14)9-12-10-19(2)7-8-20(12)3/h12,16H,4-11H2,1-3H3. The molecule has 6 nitrogen and oxygen atoms in total. The maximum atomic E-state index is 5.61. The minimum Gasteiger partial charge on any atom is -0.339 e. The number of nitrogens with zero attached hydrogens (tertiary/aromatic N) is 4. The summed E-state index contributed by atoms with van der Waals surface area (Å²) in [5, 5.41) is 7.67. The molecule has 118 valence electrons. The molecule has 0 bridgehead atoms. The van der Waals surface area contributed by atoms with Crippen molar-refractivity contribution in [1.82, 2.24) is 25.3 Å². The lowest BCUT2D eigenvalue weighted by molar-refractivity contribution is 0.113. The van der Waals surface area contributed by atoms with E-state index in [0.29, 0.717) is 6.04 Å². The van der Waals surface area contributed by atoms with Crippen LogP contribution in [0.4, 0.5) is 0 Å². The number of hydrogen-bond acceptors (Lipinski definition) is 6. The smallest absolute Gasteiger partial charge is 0.234 e. The molecule has 2 fully saturated rings. The first-order valence-corrected chi connectivity index (χ1v) is 8.05. The van der Waals surface area contributed by atoms with Gasteiger partial charge < -0.3 is 19.6 Å². The number of piperazine rings is 1. The molecule has 0 radical (unpaired) electrons. The van der Waals surface area contributed by atoms with Crippen LogP contribution in [0.1, 0.15) is 31.5 Å². The molecule has 2 aliphatic rings. The number of likely N-dealkylation sites (N-methyl/N-ethyl adjacent to an activating group) is 2. The van der Waals surface area contributed by atoms with Crippen LogP contribution in [0, 0.1) is 0 Å². The summed E-state index contributed by atoms with van der Waals surface area (Å²) in [6, 6.07) is 0.480. The predicted octanol–water partition coefficient (Wildman–Crippen LogP) is 0.499. The van der Waals surface area contributed by atoms with Crippen LogP contribution in [0.2, 0.25) is 0 Å². The highest BCUT2D eigenvalue weighted by molar-refractivity contribution is 5.10. The number of hydrogen-bond donors (Lipinski definition) is 1. The quantitative estimate of drug-likeness (QED) is 0.872. The first-order chi connectivity index (χ1) is 10.1. The minimum atomic E-state index is 0.0561. The Morgan fingerprint density at radius 3 is 2.95 bits per heavy atom. The van der Waals surface area contributed by atoms with Crippen molar-refractivity contribution >= 4 is 0 Å². The summed E-state index contributed by atoms with van der Waals surface area (Å²) in [6.07, 6.45) is 3.02. The molecule has 21 heavy (non-hydrogen) atoms. The van der Waals surface area contributed by atoms with Gasteiger partial charge in [0.15, 0.2) is 5.82 Å². The van der Waals surface area contributed by atoms with Gasteiger partial charge in [-0.15, -0.1) is 0 Å². The van der Waals surface area contributed by atoms with Crippen LogP contribution in [0.5, 0.6) is 0 Å². The van der Waals surface area contributed by atoms with Crippen molar-refractivity contribution in [2.45, 2.75) is 37.6 Å². The highest BCUT2D eigenvalue weighted by Crippen LogP contribution is 2.32. The van der Waals surface area contributed by atoms with E-state index in [-0.39, 0.29) is 5.41 Å². The van der Waals surface area contributed by atoms with Crippen LogP contribution in [0.25, 0.3) is 0 Å². The molecule has 1 N–H and O–H groups in total. The van der Waals surface area contributed by atoms with Crippen LogP contribution >= 0.6 is 0 Å². The molecule has 2 unspecified atom stereocenters. The summed E-state index contributed by atoms with van der Waals surface area (Å²) in [4.78, 5) is 9.51. The molecule has 0 aliphatic carbocycles. The fourth-order valence-electron chi connectivity index (χ4n) is 3.46. The SMILES string of the molecule is CCC1(c2nc(CC3CN(C)CCN3C)no2)CCNC1. The minimum absolute atomic E-state index is 0.0561. The summed E-state index contributed by atoms with van der Waals surface area (Å²) in [7, 11) is 4.37. The third kappa shape index (κ3) is 2.98. The summed E-state index contributed by atoms with van der Waals surface area (Å²) in [5.41, 5.74) is 0.0561. The van der Waals surface area contributed by atoms with Crippen molar-refractivity contribution < 1.29 is 4.52 Å². The molecule has 2 aliphatic heterocycles. The lowest BCUT2D eigenvalue weighted by Gasteiger charge is -2.37. The second-order valence-corrected chi connectivity index (χ2v) is 6.68. The molecular weight excluding hydrogens is 266 g/mol. The Hall–Kier alpha value is -0.980. The first kappa shape index (κ1) is 14.9. The van der Waals surface area contributed by atoms with Crippen LogP contribution in [-0.2, 0) is 11.8 Å². The lowest BCUT2D eigenvalue weighted by atomic mass is 9.84. The molecule has 0 spiro atoms. The van der Waals surface area contributed by atoms with Gasteiger partial charge in [-0.05, 0) is 33.5 Å². The van der Waals surface area contributed by atoms with Gasteiger partial charge >= 0.3 is 0 Å². The van der Waals surface area contributed by atoms with Crippen molar-refractivity contribution in [3.05, 3.63) is 11.7 Å². The zero-order chi connectivity index (χ0) is 14.9. The molecular formula is C15H27N5O. The molecule has 2 saturated heterocycles. The van der Waals surface area contributed by atoms with Gasteiger partial charge in [-0.1, -0.05) is 12.1 Å². The number of aromatic nitrogens is 2. The molecule has 1 aromatic heterocycles. The summed E-state index contributed by atoms with van der Waals surface area (Å²) in [6.45, 7) is 7.52. The van der Waals surface area contributed by atoms with Crippen LogP contribution < -0.4 is 5.32 Å². The van der Waals surface area contributed by atoms with Gasteiger partial charge in [0, 0.05) is 38.6 Å². The zero-order valence-electron chi connectivity index (χ0n) is 13.4. The fraction of sp³-hybridized carbons (Fsp3) is 0.867. The second-order valence-electron chi connectivity index (χ2n) is 6.68. The van der Waals surface area contributed by atoms with Crippen LogP contribution in [0.3, 0.4) is 0 Å². The van der Waals surface area contributed by atoms with Crippen LogP contribution in [0.15, 0.2) is 4.52 Å². The Bertz CT molecular complexity index is 468. The van der Waals surface area contributed by atoms with Crippen molar-refractivity contribution in [2.75, 3.05) is 46.8 Å². The van der Waals surface area contributed by atoms with Gasteiger partial charge in [0.05, 0.1) is 5.41 Å². The highest BCUT2D eigenvalue weighted by Gasteiger charge is 2.39. The van der Waals surface area contributed by atoms with Crippen molar-refractivity contribution in [3.8, 4) is 0 Å². The average molecular weight is 293 g/mol. The molecule has 6 heteroatoms. The van der Waals surface area contributed by atoms with Crippen molar-refractivity contribution in [3.63, 3.8) is 0 Å². The average Bonchev–Trinajstić information content (AvgIpc) is 3.12. The molecule has 0 amide bonds. The predicted molar refractivity (Wildman–Crippen MR) is 81.4 cm³/mol. The monoisotopic (exact) mass is 293 g/mol. The van der Waals surface area contributed by atoms with E-state index >= 15 is 0 Å². The highest BCUT2D eigenvalue weighted by atomic mass is 16.5. The normalized spacial score (nSPS) is 31.9. The van der Waals surface area contributed by atoms with E-state index in [1.165, 1.54) is 0 Å².